The summed E-state index contributed by atoms with van der Waals surface area (Å²) >= 11 is 1.56. The third kappa shape index (κ3) is 3.04. The highest BCUT2D eigenvalue weighted by Gasteiger charge is 2.12. The summed E-state index contributed by atoms with van der Waals surface area (Å²) in [5, 5.41) is 7.25. The number of hydrogen-bond acceptors (Lipinski definition) is 7. The molecule has 0 atom stereocenters. The fraction of sp³-hybridized carbons (Fsp3) is 0.105. The standard InChI is InChI=1S/C19H18N6S/c1-11-6-5-8-13(12(11)2)23-17-16(20)18(22-10-21-17)25-19-24-14-7-3-4-9-15(14)26-19/h3-10H,20H2,1-2H3,(H2,21,22,23,24,25). The number of para-hydroxylation sites is 1. The van der Waals surface area contributed by atoms with Crippen molar-refractivity contribution in [1.82, 2.24) is 15.0 Å². The number of rotatable bonds is 4. The van der Waals surface area contributed by atoms with Gasteiger partial charge in [0.05, 0.1) is 10.2 Å². The van der Waals surface area contributed by atoms with Crippen molar-refractivity contribution in [3.8, 4) is 0 Å². The van der Waals surface area contributed by atoms with E-state index in [0.29, 0.717) is 17.3 Å². The van der Waals surface area contributed by atoms with Gasteiger partial charge >= 0.3 is 0 Å². The number of nitrogens with two attached hydrogens (primary N) is 1. The number of benzene rings is 2. The highest BCUT2D eigenvalue weighted by molar-refractivity contribution is 7.22. The lowest BCUT2D eigenvalue weighted by Gasteiger charge is -2.14. The van der Waals surface area contributed by atoms with E-state index < -0.39 is 0 Å². The van der Waals surface area contributed by atoms with E-state index in [0.717, 1.165) is 26.6 Å². The number of nitrogens with one attached hydrogen (secondary N) is 2. The van der Waals surface area contributed by atoms with Crippen LogP contribution < -0.4 is 16.4 Å². The van der Waals surface area contributed by atoms with Gasteiger partial charge in [-0.25, -0.2) is 15.0 Å². The molecular weight excluding hydrogens is 344 g/mol. The Kier molecular flexibility index (Phi) is 4.14. The molecule has 0 saturated carbocycles. The van der Waals surface area contributed by atoms with Crippen LogP contribution in [0, 0.1) is 13.8 Å². The Hall–Kier alpha value is -3.19. The van der Waals surface area contributed by atoms with Gasteiger partial charge in [0.2, 0.25) is 0 Å². The minimum Gasteiger partial charge on any atom is -0.393 e. The average Bonchev–Trinajstić information content (AvgIpc) is 3.04. The largest absolute Gasteiger partial charge is 0.393 e. The molecule has 0 aliphatic heterocycles. The second-order valence-corrected chi connectivity index (χ2v) is 7.00. The number of anilines is 5. The van der Waals surface area contributed by atoms with Crippen LogP contribution in [-0.2, 0) is 0 Å². The van der Waals surface area contributed by atoms with Crippen LogP contribution in [0.5, 0.6) is 0 Å². The van der Waals surface area contributed by atoms with Gasteiger partial charge in [-0.15, -0.1) is 0 Å². The first kappa shape index (κ1) is 16.3. The molecule has 0 bridgehead atoms. The lowest BCUT2D eigenvalue weighted by molar-refractivity contribution is 1.17. The predicted molar refractivity (Wildman–Crippen MR) is 109 cm³/mol. The smallest absolute Gasteiger partial charge is 0.189 e. The number of aromatic nitrogens is 3. The maximum Gasteiger partial charge on any atom is 0.189 e. The number of nitrogen functional groups attached to an aromatic ring is 1. The predicted octanol–water partition coefficient (Wildman–Crippen LogP) is 4.77. The number of nitrogens with zero attached hydrogens (tertiary/aromatic N) is 3. The molecule has 4 N–H and O–H groups in total. The normalized spacial score (nSPS) is 10.8. The molecular formula is C19H18N6S. The van der Waals surface area contributed by atoms with Gasteiger partial charge in [0.1, 0.15) is 12.0 Å². The van der Waals surface area contributed by atoms with Gasteiger partial charge < -0.3 is 16.4 Å². The molecule has 0 amide bonds. The SMILES string of the molecule is Cc1cccc(Nc2ncnc(Nc3nc4ccccc4s3)c2N)c1C. The van der Waals surface area contributed by atoms with Crippen LogP contribution in [0.4, 0.5) is 28.1 Å². The fourth-order valence-corrected chi connectivity index (χ4v) is 3.50. The topological polar surface area (TPSA) is 88.8 Å². The summed E-state index contributed by atoms with van der Waals surface area (Å²) in [6.07, 6.45) is 1.49. The molecule has 2 aromatic heterocycles. The van der Waals surface area contributed by atoms with Crippen molar-refractivity contribution in [2.45, 2.75) is 13.8 Å². The minimum absolute atomic E-state index is 0.452. The van der Waals surface area contributed by atoms with Crippen LogP contribution in [0.2, 0.25) is 0 Å². The zero-order valence-corrected chi connectivity index (χ0v) is 15.3. The molecule has 0 aliphatic rings. The van der Waals surface area contributed by atoms with E-state index in [2.05, 4.69) is 45.5 Å². The Morgan fingerprint density at radius 2 is 1.69 bits per heavy atom. The van der Waals surface area contributed by atoms with E-state index in [9.17, 15) is 0 Å². The van der Waals surface area contributed by atoms with Gasteiger partial charge in [0.25, 0.3) is 0 Å². The van der Waals surface area contributed by atoms with E-state index >= 15 is 0 Å². The van der Waals surface area contributed by atoms with Crippen molar-refractivity contribution in [3.63, 3.8) is 0 Å². The van der Waals surface area contributed by atoms with Crippen molar-refractivity contribution in [2.75, 3.05) is 16.4 Å². The summed E-state index contributed by atoms with van der Waals surface area (Å²) in [5.41, 5.74) is 11.0. The Morgan fingerprint density at radius 1 is 0.923 bits per heavy atom. The van der Waals surface area contributed by atoms with Gasteiger partial charge in [-0.2, -0.15) is 0 Å². The zero-order valence-electron chi connectivity index (χ0n) is 14.4. The summed E-state index contributed by atoms with van der Waals surface area (Å²) in [4.78, 5) is 13.1. The van der Waals surface area contributed by atoms with Gasteiger partial charge in [-0.1, -0.05) is 35.6 Å². The summed E-state index contributed by atoms with van der Waals surface area (Å²) in [6, 6.07) is 14.1. The van der Waals surface area contributed by atoms with Crippen molar-refractivity contribution in [2.24, 2.45) is 0 Å². The quantitative estimate of drug-likeness (QED) is 0.484. The van der Waals surface area contributed by atoms with Crippen molar-refractivity contribution in [1.29, 1.82) is 0 Å². The van der Waals surface area contributed by atoms with E-state index in [1.807, 2.05) is 36.4 Å². The first-order valence-electron chi connectivity index (χ1n) is 8.18. The molecule has 4 rings (SSSR count). The highest BCUT2D eigenvalue weighted by Crippen LogP contribution is 2.32. The molecule has 0 unspecified atom stereocenters. The Morgan fingerprint density at radius 3 is 2.50 bits per heavy atom. The highest BCUT2D eigenvalue weighted by atomic mass is 32.1. The molecule has 4 aromatic rings. The van der Waals surface area contributed by atoms with Gasteiger partial charge in [-0.3, -0.25) is 0 Å². The van der Waals surface area contributed by atoms with E-state index in [1.165, 1.54) is 11.9 Å². The van der Waals surface area contributed by atoms with Crippen LogP contribution in [0.15, 0.2) is 48.8 Å². The van der Waals surface area contributed by atoms with Gasteiger partial charge in [0, 0.05) is 5.69 Å². The van der Waals surface area contributed by atoms with Crippen LogP contribution in [-0.4, -0.2) is 15.0 Å². The first-order valence-corrected chi connectivity index (χ1v) is 9.00. The molecule has 130 valence electrons. The van der Waals surface area contributed by atoms with Crippen LogP contribution in [0.25, 0.3) is 10.2 Å². The number of aryl methyl sites for hydroxylation is 1. The number of thiazole rings is 1. The molecule has 26 heavy (non-hydrogen) atoms. The van der Waals surface area contributed by atoms with Gasteiger partial charge in [0.15, 0.2) is 16.8 Å². The number of fused-ring (bicyclic) bond motifs is 1. The molecule has 0 spiro atoms. The van der Waals surface area contributed by atoms with E-state index in [-0.39, 0.29) is 0 Å². The van der Waals surface area contributed by atoms with Crippen molar-refractivity contribution in [3.05, 3.63) is 59.9 Å². The van der Waals surface area contributed by atoms with Crippen LogP contribution in [0.1, 0.15) is 11.1 Å². The summed E-state index contributed by atoms with van der Waals surface area (Å²) in [7, 11) is 0. The third-order valence-corrected chi connectivity index (χ3v) is 5.21. The molecule has 6 nitrogen and oxygen atoms in total. The van der Waals surface area contributed by atoms with Crippen LogP contribution >= 0.6 is 11.3 Å². The Labute approximate surface area is 155 Å². The zero-order chi connectivity index (χ0) is 18.1. The van der Waals surface area contributed by atoms with Crippen LogP contribution in [0.3, 0.4) is 0 Å². The maximum absolute atomic E-state index is 6.29. The molecule has 0 radical (unpaired) electrons. The first-order chi connectivity index (χ1) is 12.6. The summed E-state index contributed by atoms with van der Waals surface area (Å²) in [6.45, 7) is 4.14. The average molecular weight is 362 g/mol. The molecule has 2 aromatic carbocycles. The Bertz CT molecular complexity index is 1060. The van der Waals surface area contributed by atoms with Crippen molar-refractivity contribution >= 4 is 49.7 Å². The second kappa shape index (κ2) is 6.61. The Balaban J connectivity index is 1.64. The lowest BCUT2D eigenvalue weighted by atomic mass is 10.1. The van der Waals surface area contributed by atoms with Crippen molar-refractivity contribution < 1.29 is 0 Å². The minimum atomic E-state index is 0.452. The summed E-state index contributed by atoms with van der Waals surface area (Å²) < 4.78 is 1.11. The lowest BCUT2D eigenvalue weighted by Crippen LogP contribution is -2.06. The maximum atomic E-state index is 6.29. The molecule has 0 aliphatic carbocycles. The van der Waals surface area contributed by atoms with E-state index in [1.54, 1.807) is 11.3 Å². The van der Waals surface area contributed by atoms with E-state index in [4.69, 9.17) is 5.73 Å². The number of hydrogen-bond donors (Lipinski definition) is 3. The third-order valence-electron chi connectivity index (χ3n) is 4.26. The monoisotopic (exact) mass is 362 g/mol. The molecule has 0 saturated heterocycles. The molecule has 0 fully saturated rings. The van der Waals surface area contributed by atoms with Gasteiger partial charge in [-0.05, 0) is 43.2 Å². The molecule has 7 heteroatoms. The fourth-order valence-electron chi connectivity index (χ4n) is 2.64. The second-order valence-electron chi connectivity index (χ2n) is 5.97. The molecule has 2 heterocycles. The summed E-state index contributed by atoms with van der Waals surface area (Å²) in [5.74, 6) is 1.10.